The molecule has 2 heterocycles. The van der Waals surface area contributed by atoms with Crippen molar-refractivity contribution < 1.29 is 14.7 Å². The summed E-state index contributed by atoms with van der Waals surface area (Å²) in [4.78, 5) is 30.7. The Balaban J connectivity index is 1.93. The Kier molecular flexibility index (Phi) is 4.66. The second-order valence-electron chi connectivity index (χ2n) is 5.66. The minimum Gasteiger partial charge on any atom is -0.478 e. The van der Waals surface area contributed by atoms with E-state index in [0.717, 1.165) is 11.4 Å². The standard InChI is InChI=1S/C18H17N5O3/c1-11-3-4-12(2)23(11)15-9-13(5-6-14(15)18(25)26)17(24)22-21-10-16-19-7-8-20-16/h3-10H,1-2H3,(H,19,20)(H,22,24)(H,25,26)/b21-10+. The number of carbonyl (C=O) groups is 2. The van der Waals surface area contributed by atoms with Crippen LogP contribution >= 0.6 is 0 Å². The van der Waals surface area contributed by atoms with Crippen LogP contribution in [0.3, 0.4) is 0 Å². The van der Waals surface area contributed by atoms with Crippen molar-refractivity contribution in [2.24, 2.45) is 5.10 Å². The molecule has 1 aromatic carbocycles. The molecule has 0 saturated heterocycles. The number of amides is 1. The number of hydrazone groups is 1. The fourth-order valence-corrected chi connectivity index (χ4v) is 2.65. The molecule has 1 amide bonds. The highest BCUT2D eigenvalue weighted by atomic mass is 16.4. The monoisotopic (exact) mass is 351 g/mol. The summed E-state index contributed by atoms with van der Waals surface area (Å²) in [5.41, 5.74) is 4.99. The number of benzene rings is 1. The van der Waals surface area contributed by atoms with Gasteiger partial charge in [0.1, 0.15) is 5.82 Å². The average molecular weight is 351 g/mol. The first-order valence-corrected chi connectivity index (χ1v) is 7.83. The summed E-state index contributed by atoms with van der Waals surface area (Å²) >= 11 is 0. The molecule has 0 unspecified atom stereocenters. The van der Waals surface area contributed by atoms with E-state index in [1.165, 1.54) is 18.3 Å². The van der Waals surface area contributed by atoms with Gasteiger partial charge in [-0.2, -0.15) is 5.10 Å². The molecule has 0 bridgehead atoms. The lowest BCUT2D eigenvalue weighted by Crippen LogP contribution is -2.19. The molecule has 0 fully saturated rings. The third kappa shape index (κ3) is 3.39. The highest BCUT2D eigenvalue weighted by molar-refractivity contribution is 5.98. The molecule has 0 aliphatic heterocycles. The van der Waals surface area contributed by atoms with Gasteiger partial charge in [-0.05, 0) is 44.2 Å². The number of aromatic nitrogens is 3. The maximum absolute atomic E-state index is 12.3. The Morgan fingerprint density at radius 2 is 1.96 bits per heavy atom. The molecular weight excluding hydrogens is 334 g/mol. The summed E-state index contributed by atoms with van der Waals surface area (Å²) in [7, 11) is 0. The predicted octanol–water partition coefficient (Wildman–Crippen LogP) is 2.28. The van der Waals surface area contributed by atoms with Gasteiger partial charge in [0.2, 0.25) is 0 Å². The largest absolute Gasteiger partial charge is 0.478 e. The maximum atomic E-state index is 12.3. The highest BCUT2D eigenvalue weighted by Crippen LogP contribution is 2.22. The Bertz CT molecular complexity index is 967. The van der Waals surface area contributed by atoms with Crippen molar-refractivity contribution in [2.45, 2.75) is 13.8 Å². The summed E-state index contributed by atoms with van der Waals surface area (Å²) in [6.45, 7) is 3.75. The van der Waals surface area contributed by atoms with Gasteiger partial charge in [-0.1, -0.05) is 0 Å². The molecule has 8 heteroatoms. The number of carboxylic acids is 1. The fourth-order valence-electron chi connectivity index (χ4n) is 2.65. The summed E-state index contributed by atoms with van der Waals surface area (Å²) in [5, 5.41) is 13.3. The SMILES string of the molecule is Cc1ccc(C)n1-c1cc(C(=O)N/N=C/c2ncc[nH]2)ccc1C(=O)O. The van der Waals surface area contributed by atoms with Crippen molar-refractivity contribution in [1.82, 2.24) is 20.0 Å². The van der Waals surface area contributed by atoms with Crippen molar-refractivity contribution >= 4 is 18.1 Å². The van der Waals surface area contributed by atoms with E-state index < -0.39 is 11.9 Å². The molecule has 3 N–H and O–H groups in total. The summed E-state index contributed by atoms with van der Waals surface area (Å²) in [6.07, 6.45) is 4.59. The molecular formula is C18H17N5O3. The van der Waals surface area contributed by atoms with Crippen molar-refractivity contribution in [1.29, 1.82) is 0 Å². The lowest BCUT2D eigenvalue weighted by molar-refractivity contribution is 0.0696. The third-order valence-electron chi connectivity index (χ3n) is 3.87. The lowest BCUT2D eigenvalue weighted by Gasteiger charge is -2.14. The second kappa shape index (κ2) is 7.06. The predicted molar refractivity (Wildman–Crippen MR) is 95.9 cm³/mol. The first kappa shape index (κ1) is 17.2. The van der Waals surface area contributed by atoms with Crippen LogP contribution in [0.5, 0.6) is 0 Å². The van der Waals surface area contributed by atoms with Crippen LogP contribution in [0.4, 0.5) is 0 Å². The Labute approximate surface area is 149 Å². The molecule has 26 heavy (non-hydrogen) atoms. The van der Waals surface area contributed by atoms with Crippen LogP contribution in [0.2, 0.25) is 0 Å². The summed E-state index contributed by atoms with van der Waals surface area (Å²) in [6, 6.07) is 8.20. The van der Waals surface area contributed by atoms with Crippen molar-refractivity contribution in [3.05, 3.63) is 71.1 Å². The second-order valence-corrected chi connectivity index (χ2v) is 5.66. The van der Waals surface area contributed by atoms with E-state index >= 15 is 0 Å². The molecule has 8 nitrogen and oxygen atoms in total. The van der Waals surface area contributed by atoms with Crippen LogP contribution in [0.25, 0.3) is 5.69 Å². The van der Waals surface area contributed by atoms with Crippen molar-refractivity contribution in [3.8, 4) is 5.69 Å². The Morgan fingerprint density at radius 1 is 1.23 bits per heavy atom. The Hall–Kier alpha value is -3.68. The highest BCUT2D eigenvalue weighted by Gasteiger charge is 2.17. The number of hydrogen-bond acceptors (Lipinski definition) is 4. The van der Waals surface area contributed by atoms with Crippen LogP contribution in [0.15, 0.2) is 47.8 Å². The van der Waals surface area contributed by atoms with Crippen LogP contribution in [-0.2, 0) is 0 Å². The first-order chi connectivity index (χ1) is 12.5. The lowest BCUT2D eigenvalue weighted by atomic mass is 10.1. The number of aryl methyl sites for hydroxylation is 2. The number of carboxylic acid groups (broad SMARTS) is 1. The minimum absolute atomic E-state index is 0.114. The van der Waals surface area contributed by atoms with Crippen LogP contribution in [0.1, 0.15) is 37.9 Å². The number of hydrogen-bond donors (Lipinski definition) is 3. The van der Waals surface area contributed by atoms with Gasteiger partial charge in [-0.15, -0.1) is 0 Å². The van der Waals surface area contributed by atoms with Gasteiger partial charge < -0.3 is 14.7 Å². The van der Waals surface area contributed by atoms with E-state index in [2.05, 4.69) is 20.5 Å². The zero-order chi connectivity index (χ0) is 18.7. The number of nitrogens with zero attached hydrogens (tertiary/aromatic N) is 3. The molecule has 2 aromatic heterocycles. The van der Waals surface area contributed by atoms with Gasteiger partial charge in [0, 0.05) is 29.3 Å². The fraction of sp³-hybridized carbons (Fsp3) is 0.111. The van der Waals surface area contributed by atoms with E-state index in [-0.39, 0.29) is 5.56 Å². The van der Waals surface area contributed by atoms with Gasteiger partial charge in [0.15, 0.2) is 0 Å². The number of rotatable bonds is 5. The van der Waals surface area contributed by atoms with Crippen LogP contribution < -0.4 is 5.43 Å². The van der Waals surface area contributed by atoms with E-state index in [1.54, 1.807) is 23.0 Å². The molecule has 3 rings (SSSR count). The van der Waals surface area contributed by atoms with Crippen molar-refractivity contribution in [2.75, 3.05) is 0 Å². The number of nitrogens with one attached hydrogen (secondary N) is 2. The molecule has 0 aliphatic rings. The molecule has 0 radical (unpaired) electrons. The van der Waals surface area contributed by atoms with Gasteiger partial charge in [0.25, 0.3) is 5.91 Å². The third-order valence-corrected chi connectivity index (χ3v) is 3.87. The summed E-state index contributed by atoms with van der Waals surface area (Å²) < 4.78 is 1.80. The summed E-state index contributed by atoms with van der Waals surface area (Å²) in [5.74, 6) is -1.01. The molecule has 0 aliphatic carbocycles. The van der Waals surface area contributed by atoms with Gasteiger partial charge in [-0.3, -0.25) is 4.79 Å². The molecule has 0 atom stereocenters. The number of carbonyl (C=O) groups excluding carboxylic acids is 1. The molecule has 0 spiro atoms. The number of imidazole rings is 1. The van der Waals surface area contributed by atoms with E-state index in [0.29, 0.717) is 17.1 Å². The van der Waals surface area contributed by atoms with Crippen molar-refractivity contribution in [3.63, 3.8) is 0 Å². The van der Waals surface area contributed by atoms with Gasteiger partial charge >= 0.3 is 5.97 Å². The first-order valence-electron chi connectivity index (χ1n) is 7.83. The van der Waals surface area contributed by atoms with Gasteiger partial charge in [0.05, 0.1) is 17.5 Å². The molecule has 3 aromatic rings. The normalized spacial score (nSPS) is 11.0. The van der Waals surface area contributed by atoms with Gasteiger partial charge in [-0.25, -0.2) is 15.2 Å². The molecule has 0 saturated carbocycles. The number of H-pyrrole nitrogens is 1. The molecule has 132 valence electrons. The smallest absolute Gasteiger partial charge is 0.337 e. The average Bonchev–Trinajstić information content (AvgIpc) is 3.24. The van der Waals surface area contributed by atoms with E-state index in [1.807, 2.05) is 26.0 Å². The van der Waals surface area contributed by atoms with E-state index in [9.17, 15) is 14.7 Å². The number of aromatic amines is 1. The van der Waals surface area contributed by atoms with Crippen LogP contribution in [0, 0.1) is 13.8 Å². The quantitative estimate of drug-likeness (QED) is 0.483. The number of aromatic carboxylic acids is 1. The van der Waals surface area contributed by atoms with E-state index in [4.69, 9.17) is 0 Å². The zero-order valence-electron chi connectivity index (χ0n) is 14.2. The topological polar surface area (TPSA) is 112 Å². The van der Waals surface area contributed by atoms with Crippen LogP contribution in [-0.4, -0.2) is 37.7 Å². The zero-order valence-corrected chi connectivity index (χ0v) is 14.2. The minimum atomic E-state index is -1.06. The maximum Gasteiger partial charge on any atom is 0.337 e. The Morgan fingerprint density at radius 3 is 2.58 bits per heavy atom.